The first-order valence-corrected chi connectivity index (χ1v) is 6.36. The molecule has 0 aliphatic heterocycles. The van der Waals surface area contributed by atoms with Crippen LogP contribution in [0.15, 0.2) is 17.1 Å². The molecule has 106 valence electrons. The van der Waals surface area contributed by atoms with Crippen LogP contribution >= 0.6 is 0 Å². The van der Waals surface area contributed by atoms with Crippen molar-refractivity contribution in [1.82, 2.24) is 10.3 Å². The zero-order chi connectivity index (χ0) is 14.6. The smallest absolute Gasteiger partial charge is 0.256 e. The number of amides is 1. The third kappa shape index (κ3) is 4.21. The van der Waals surface area contributed by atoms with Crippen LogP contribution in [0.4, 0.5) is 0 Å². The molecule has 1 atom stereocenters. The van der Waals surface area contributed by atoms with E-state index in [0.29, 0.717) is 12.1 Å². The lowest BCUT2D eigenvalue weighted by atomic mass is 9.85. The van der Waals surface area contributed by atoms with Gasteiger partial charge in [0.25, 0.3) is 5.91 Å². The molecule has 1 amide bonds. The number of carbonyl (C=O) groups is 1. The maximum Gasteiger partial charge on any atom is 0.256 e. The number of pyridine rings is 1. The van der Waals surface area contributed by atoms with Gasteiger partial charge < -0.3 is 15.4 Å². The Morgan fingerprint density at radius 2 is 2.11 bits per heavy atom. The van der Waals surface area contributed by atoms with E-state index in [0.717, 1.165) is 0 Å². The summed E-state index contributed by atoms with van der Waals surface area (Å²) in [6, 6.07) is 1.21. The third-order valence-corrected chi connectivity index (χ3v) is 3.07. The highest BCUT2D eigenvalue weighted by molar-refractivity contribution is 5.94. The number of H-pyrrole nitrogens is 1. The average Bonchev–Trinajstić information content (AvgIpc) is 2.26. The van der Waals surface area contributed by atoms with Crippen molar-refractivity contribution in [2.75, 3.05) is 6.61 Å². The fraction of sp³-hybridized carbons (Fsp3) is 0.571. The van der Waals surface area contributed by atoms with E-state index < -0.39 is 5.91 Å². The van der Waals surface area contributed by atoms with E-state index in [1.807, 2.05) is 20.8 Å². The second-order valence-electron chi connectivity index (χ2n) is 5.80. The fourth-order valence-corrected chi connectivity index (χ4v) is 1.84. The SMILES string of the molecule is Cc1cc(=O)c(C(=O)NC(CCO)C(C)(C)C)c[nH]1. The highest BCUT2D eigenvalue weighted by Gasteiger charge is 2.26. The summed E-state index contributed by atoms with van der Waals surface area (Å²) < 4.78 is 0. The monoisotopic (exact) mass is 266 g/mol. The molecule has 0 fully saturated rings. The number of nitrogens with one attached hydrogen (secondary N) is 2. The predicted octanol–water partition coefficient (Wildman–Crippen LogP) is 1.21. The lowest BCUT2D eigenvalue weighted by Gasteiger charge is -2.31. The summed E-state index contributed by atoms with van der Waals surface area (Å²) in [6.07, 6.45) is 1.88. The lowest BCUT2D eigenvalue weighted by molar-refractivity contribution is 0.0883. The predicted molar refractivity (Wildman–Crippen MR) is 74.2 cm³/mol. The van der Waals surface area contributed by atoms with Crippen LogP contribution in [0, 0.1) is 12.3 Å². The molecule has 1 aromatic heterocycles. The summed E-state index contributed by atoms with van der Waals surface area (Å²) in [4.78, 5) is 26.7. The Kier molecular flexibility index (Phi) is 4.89. The summed E-state index contributed by atoms with van der Waals surface area (Å²) in [5.41, 5.74) is 0.322. The fourth-order valence-electron chi connectivity index (χ4n) is 1.84. The van der Waals surface area contributed by atoms with E-state index in [1.165, 1.54) is 12.3 Å². The minimum Gasteiger partial charge on any atom is -0.396 e. The van der Waals surface area contributed by atoms with Crippen LogP contribution in [0.25, 0.3) is 0 Å². The molecule has 1 rings (SSSR count). The van der Waals surface area contributed by atoms with Gasteiger partial charge in [0.15, 0.2) is 5.43 Å². The van der Waals surface area contributed by atoms with Crippen LogP contribution in [-0.2, 0) is 0 Å². The minimum absolute atomic E-state index is 0.00747. The number of carbonyl (C=O) groups excluding carboxylic acids is 1. The second kappa shape index (κ2) is 6.02. The third-order valence-electron chi connectivity index (χ3n) is 3.07. The zero-order valence-electron chi connectivity index (χ0n) is 11.9. The number of aromatic amines is 1. The van der Waals surface area contributed by atoms with Gasteiger partial charge in [-0.1, -0.05) is 20.8 Å². The van der Waals surface area contributed by atoms with Gasteiger partial charge in [-0.3, -0.25) is 9.59 Å². The zero-order valence-corrected chi connectivity index (χ0v) is 11.9. The van der Waals surface area contributed by atoms with Crippen molar-refractivity contribution in [2.24, 2.45) is 5.41 Å². The first kappa shape index (κ1) is 15.4. The number of rotatable bonds is 4. The van der Waals surface area contributed by atoms with E-state index in [4.69, 9.17) is 5.11 Å². The molecule has 0 aromatic carbocycles. The van der Waals surface area contributed by atoms with Crippen molar-refractivity contribution < 1.29 is 9.90 Å². The summed E-state index contributed by atoms with van der Waals surface area (Å²) in [5.74, 6) is -0.408. The highest BCUT2D eigenvalue weighted by Crippen LogP contribution is 2.21. The lowest BCUT2D eigenvalue weighted by Crippen LogP contribution is -2.45. The molecule has 0 aliphatic rings. The van der Waals surface area contributed by atoms with Gasteiger partial charge in [-0.2, -0.15) is 0 Å². The van der Waals surface area contributed by atoms with Gasteiger partial charge in [-0.15, -0.1) is 0 Å². The van der Waals surface area contributed by atoms with Crippen molar-refractivity contribution in [2.45, 2.75) is 40.2 Å². The van der Waals surface area contributed by atoms with Gasteiger partial charge in [-0.05, 0) is 18.8 Å². The van der Waals surface area contributed by atoms with Crippen molar-refractivity contribution in [3.05, 3.63) is 33.7 Å². The van der Waals surface area contributed by atoms with Crippen LogP contribution in [0.5, 0.6) is 0 Å². The number of hydrogen-bond acceptors (Lipinski definition) is 3. The Labute approximate surface area is 113 Å². The molecule has 5 heteroatoms. The van der Waals surface area contributed by atoms with Gasteiger partial charge in [0.1, 0.15) is 5.56 Å². The molecule has 0 spiro atoms. The number of aryl methyl sites for hydroxylation is 1. The molecular weight excluding hydrogens is 244 g/mol. The molecule has 0 saturated heterocycles. The molecule has 0 bridgehead atoms. The van der Waals surface area contributed by atoms with Crippen LogP contribution in [0.1, 0.15) is 43.2 Å². The molecule has 19 heavy (non-hydrogen) atoms. The molecular formula is C14H22N2O3. The van der Waals surface area contributed by atoms with Crippen LogP contribution < -0.4 is 10.7 Å². The number of aliphatic hydroxyl groups is 1. The highest BCUT2D eigenvalue weighted by atomic mass is 16.3. The Morgan fingerprint density at radius 1 is 1.47 bits per heavy atom. The normalized spacial score (nSPS) is 13.1. The molecule has 1 heterocycles. The molecule has 1 aromatic rings. The van der Waals surface area contributed by atoms with Gasteiger partial charge in [0.05, 0.1) is 0 Å². The first-order valence-electron chi connectivity index (χ1n) is 6.36. The topological polar surface area (TPSA) is 82.2 Å². The van der Waals surface area contributed by atoms with Gasteiger partial charge in [0.2, 0.25) is 0 Å². The average molecular weight is 266 g/mol. The maximum atomic E-state index is 12.1. The Balaban J connectivity index is 2.91. The van der Waals surface area contributed by atoms with E-state index in [9.17, 15) is 9.59 Å². The number of hydrogen-bond donors (Lipinski definition) is 3. The molecule has 5 nitrogen and oxygen atoms in total. The van der Waals surface area contributed by atoms with Crippen molar-refractivity contribution in [3.63, 3.8) is 0 Å². The quantitative estimate of drug-likeness (QED) is 0.766. The summed E-state index contributed by atoms with van der Waals surface area (Å²) in [5, 5.41) is 11.9. The second-order valence-corrected chi connectivity index (χ2v) is 5.80. The van der Waals surface area contributed by atoms with Crippen molar-refractivity contribution >= 4 is 5.91 Å². The van der Waals surface area contributed by atoms with Crippen molar-refractivity contribution in [3.8, 4) is 0 Å². The van der Waals surface area contributed by atoms with Gasteiger partial charge in [-0.25, -0.2) is 0 Å². The van der Waals surface area contributed by atoms with Crippen LogP contribution in [0.3, 0.4) is 0 Å². The maximum absolute atomic E-state index is 12.1. The molecule has 3 N–H and O–H groups in total. The molecule has 0 aliphatic carbocycles. The van der Waals surface area contributed by atoms with E-state index in [2.05, 4.69) is 10.3 Å². The van der Waals surface area contributed by atoms with E-state index in [1.54, 1.807) is 6.92 Å². The van der Waals surface area contributed by atoms with E-state index in [-0.39, 0.29) is 29.1 Å². The Hall–Kier alpha value is -1.62. The van der Waals surface area contributed by atoms with Crippen LogP contribution in [-0.4, -0.2) is 28.6 Å². The number of aromatic nitrogens is 1. The van der Waals surface area contributed by atoms with Gasteiger partial charge >= 0.3 is 0 Å². The summed E-state index contributed by atoms with van der Waals surface area (Å²) >= 11 is 0. The Bertz CT molecular complexity index is 500. The standard InChI is InChI=1S/C14H22N2O3/c1-9-7-11(18)10(8-15-9)13(19)16-12(5-6-17)14(2,3)4/h7-8,12,17H,5-6H2,1-4H3,(H,15,18)(H,16,19). The first-order chi connectivity index (χ1) is 8.75. The summed E-state index contributed by atoms with van der Waals surface area (Å²) in [7, 11) is 0. The van der Waals surface area contributed by atoms with E-state index >= 15 is 0 Å². The van der Waals surface area contributed by atoms with Crippen LogP contribution in [0.2, 0.25) is 0 Å². The molecule has 1 unspecified atom stereocenters. The van der Waals surface area contributed by atoms with Crippen molar-refractivity contribution in [1.29, 1.82) is 0 Å². The summed E-state index contributed by atoms with van der Waals surface area (Å²) in [6.45, 7) is 7.69. The van der Waals surface area contributed by atoms with Gasteiger partial charge in [0, 0.05) is 30.6 Å². The largest absolute Gasteiger partial charge is 0.396 e. The molecule has 0 saturated carbocycles. The number of aliphatic hydroxyl groups excluding tert-OH is 1. The minimum atomic E-state index is -0.408. The molecule has 0 radical (unpaired) electrons. The Morgan fingerprint density at radius 3 is 2.58 bits per heavy atom.